The fraction of sp³-hybridized carbons (Fsp3) is 0.750. The van der Waals surface area contributed by atoms with Gasteiger partial charge >= 0.3 is 0 Å². The van der Waals surface area contributed by atoms with Gasteiger partial charge in [0, 0.05) is 32.0 Å². The van der Waals surface area contributed by atoms with Crippen LogP contribution in [-0.2, 0) is 4.74 Å². The molecule has 6 heteroatoms. The molecule has 1 amide bonds. The second-order valence-electron chi connectivity index (χ2n) is 6.39. The van der Waals surface area contributed by atoms with E-state index in [9.17, 15) is 4.79 Å². The molecule has 1 aromatic rings. The van der Waals surface area contributed by atoms with Gasteiger partial charge in [-0.2, -0.15) is 5.10 Å². The molecule has 0 radical (unpaired) electrons. The third-order valence-electron chi connectivity index (χ3n) is 4.82. The van der Waals surface area contributed by atoms with E-state index in [1.54, 1.807) is 0 Å². The van der Waals surface area contributed by atoms with Gasteiger partial charge in [-0.25, -0.2) is 0 Å². The number of rotatable bonds is 4. The van der Waals surface area contributed by atoms with Crippen LogP contribution in [0.25, 0.3) is 0 Å². The number of nitrogens with zero attached hydrogens (tertiary/aromatic N) is 2. The Labute approximate surface area is 131 Å². The van der Waals surface area contributed by atoms with E-state index in [4.69, 9.17) is 4.74 Å². The van der Waals surface area contributed by atoms with Gasteiger partial charge in [0.2, 0.25) is 0 Å². The van der Waals surface area contributed by atoms with Crippen LogP contribution in [0, 0.1) is 5.92 Å². The molecule has 2 fully saturated rings. The molecule has 3 heterocycles. The molecule has 2 saturated heterocycles. The van der Waals surface area contributed by atoms with Crippen LogP contribution in [0.1, 0.15) is 49.1 Å². The van der Waals surface area contributed by atoms with E-state index < -0.39 is 0 Å². The molecule has 0 aliphatic carbocycles. The van der Waals surface area contributed by atoms with E-state index in [1.165, 1.54) is 0 Å². The molecule has 6 nitrogen and oxygen atoms in total. The van der Waals surface area contributed by atoms with Gasteiger partial charge < -0.3 is 15.4 Å². The molecule has 0 aromatic carbocycles. The molecule has 1 aromatic heterocycles. The maximum absolute atomic E-state index is 12.4. The van der Waals surface area contributed by atoms with Crippen LogP contribution in [0.2, 0.25) is 0 Å². The van der Waals surface area contributed by atoms with Crippen molar-refractivity contribution in [1.82, 2.24) is 20.4 Å². The van der Waals surface area contributed by atoms with Gasteiger partial charge in [0.25, 0.3) is 5.91 Å². The van der Waals surface area contributed by atoms with Crippen LogP contribution in [0.4, 0.5) is 0 Å². The smallest absolute Gasteiger partial charge is 0.271 e. The lowest BCUT2D eigenvalue weighted by molar-refractivity contribution is 0.0537. The predicted octanol–water partition coefficient (Wildman–Crippen LogP) is 1.35. The van der Waals surface area contributed by atoms with Crippen LogP contribution < -0.4 is 10.6 Å². The van der Waals surface area contributed by atoms with Crippen molar-refractivity contribution in [2.75, 3.05) is 26.3 Å². The van der Waals surface area contributed by atoms with E-state index in [1.807, 2.05) is 16.9 Å². The van der Waals surface area contributed by atoms with Crippen molar-refractivity contribution in [2.45, 2.75) is 44.7 Å². The van der Waals surface area contributed by atoms with E-state index in [2.05, 4.69) is 22.7 Å². The third-order valence-corrected chi connectivity index (χ3v) is 4.82. The van der Waals surface area contributed by atoms with Crippen molar-refractivity contribution in [2.24, 2.45) is 5.92 Å². The maximum Gasteiger partial charge on any atom is 0.271 e. The topological polar surface area (TPSA) is 68.2 Å². The first-order valence-electron chi connectivity index (χ1n) is 8.38. The Morgan fingerprint density at radius 3 is 3.00 bits per heavy atom. The number of hydrogen-bond acceptors (Lipinski definition) is 4. The summed E-state index contributed by atoms with van der Waals surface area (Å²) in [6.07, 6.45) is 6.24. The van der Waals surface area contributed by atoms with Gasteiger partial charge in [0.1, 0.15) is 5.69 Å². The highest BCUT2D eigenvalue weighted by Crippen LogP contribution is 2.19. The van der Waals surface area contributed by atoms with Crippen molar-refractivity contribution >= 4 is 5.91 Å². The lowest BCUT2D eigenvalue weighted by atomic mass is 9.93. The molecule has 2 atom stereocenters. The van der Waals surface area contributed by atoms with Crippen molar-refractivity contribution in [1.29, 1.82) is 0 Å². The Kier molecular flexibility index (Phi) is 5.10. The number of aromatic nitrogens is 2. The average Bonchev–Trinajstić information content (AvgIpc) is 3.06. The summed E-state index contributed by atoms with van der Waals surface area (Å²) >= 11 is 0. The van der Waals surface area contributed by atoms with Gasteiger partial charge in [-0.1, -0.05) is 0 Å². The van der Waals surface area contributed by atoms with Gasteiger partial charge in [-0.15, -0.1) is 0 Å². The molecule has 0 bridgehead atoms. The van der Waals surface area contributed by atoms with Gasteiger partial charge in [-0.3, -0.25) is 9.48 Å². The van der Waals surface area contributed by atoms with E-state index in [0.717, 1.165) is 52.0 Å². The second-order valence-corrected chi connectivity index (χ2v) is 6.39. The number of nitrogens with one attached hydrogen (secondary N) is 2. The van der Waals surface area contributed by atoms with Crippen LogP contribution >= 0.6 is 0 Å². The zero-order valence-electron chi connectivity index (χ0n) is 13.3. The lowest BCUT2D eigenvalue weighted by Gasteiger charge is -2.28. The first-order chi connectivity index (χ1) is 10.7. The number of ether oxygens (including phenoxy) is 1. The molecular formula is C16H26N4O2. The minimum atomic E-state index is -0.0680. The Morgan fingerprint density at radius 2 is 2.27 bits per heavy atom. The first kappa shape index (κ1) is 15.5. The molecular weight excluding hydrogens is 280 g/mol. The monoisotopic (exact) mass is 306 g/mol. The summed E-state index contributed by atoms with van der Waals surface area (Å²) in [4.78, 5) is 12.4. The van der Waals surface area contributed by atoms with Crippen molar-refractivity contribution in [3.05, 3.63) is 18.0 Å². The molecule has 0 spiro atoms. The highest BCUT2D eigenvalue weighted by Gasteiger charge is 2.23. The average molecular weight is 306 g/mol. The number of carbonyl (C=O) groups excluding carboxylic acids is 1. The summed E-state index contributed by atoms with van der Waals surface area (Å²) in [6, 6.07) is 2.35. The SMILES string of the molecule is CC(NC(=O)c1ccn(C2CCCNC2)n1)C1CCOCC1. The number of carbonyl (C=O) groups is 1. The Morgan fingerprint density at radius 1 is 1.45 bits per heavy atom. The van der Waals surface area contributed by atoms with Crippen LogP contribution in [0.3, 0.4) is 0 Å². The molecule has 0 saturated carbocycles. The minimum Gasteiger partial charge on any atom is -0.381 e. The minimum absolute atomic E-state index is 0.0680. The Bertz CT molecular complexity index is 490. The summed E-state index contributed by atoms with van der Waals surface area (Å²) in [7, 11) is 0. The second kappa shape index (κ2) is 7.24. The molecule has 2 N–H and O–H groups in total. The summed E-state index contributed by atoms with van der Waals surface area (Å²) in [5, 5.41) is 10.9. The maximum atomic E-state index is 12.4. The van der Waals surface area contributed by atoms with Crippen LogP contribution in [0.15, 0.2) is 12.3 Å². The highest BCUT2D eigenvalue weighted by molar-refractivity contribution is 5.92. The summed E-state index contributed by atoms with van der Waals surface area (Å²) in [5.74, 6) is 0.434. The molecule has 2 unspecified atom stereocenters. The highest BCUT2D eigenvalue weighted by atomic mass is 16.5. The van der Waals surface area contributed by atoms with Gasteiger partial charge in [0.05, 0.1) is 6.04 Å². The van der Waals surface area contributed by atoms with Gasteiger partial charge in [-0.05, 0) is 51.1 Å². The largest absolute Gasteiger partial charge is 0.381 e. The number of hydrogen-bond donors (Lipinski definition) is 2. The summed E-state index contributed by atoms with van der Waals surface area (Å²) < 4.78 is 7.31. The van der Waals surface area contributed by atoms with Crippen LogP contribution in [-0.4, -0.2) is 48.0 Å². The Balaban J connectivity index is 1.56. The normalized spacial score (nSPS) is 24.9. The molecule has 3 rings (SSSR count). The molecule has 122 valence electrons. The van der Waals surface area contributed by atoms with Crippen LogP contribution in [0.5, 0.6) is 0 Å². The lowest BCUT2D eigenvalue weighted by Crippen LogP contribution is -2.40. The zero-order chi connectivity index (χ0) is 15.4. The summed E-state index contributed by atoms with van der Waals surface area (Å²) in [5.41, 5.74) is 0.518. The van der Waals surface area contributed by atoms with Crippen molar-refractivity contribution < 1.29 is 9.53 Å². The molecule has 2 aliphatic heterocycles. The Hall–Kier alpha value is -1.40. The fourth-order valence-electron chi connectivity index (χ4n) is 3.34. The fourth-order valence-corrected chi connectivity index (χ4v) is 3.34. The van der Waals surface area contributed by atoms with E-state index in [-0.39, 0.29) is 11.9 Å². The van der Waals surface area contributed by atoms with E-state index in [0.29, 0.717) is 17.7 Å². The number of amides is 1. The molecule has 22 heavy (non-hydrogen) atoms. The standard InChI is InChI=1S/C16H26N4O2/c1-12(13-5-9-22-10-6-13)18-16(21)15-4-8-20(19-15)14-3-2-7-17-11-14/h4,8,12-14,17H,2-3,5-7,9-11H2,1H3,(H,18,21). The predicted molar refractivity (Wildman–Crippen MR) is 83.8 cm³/mol. The number of piperidine rings is 1. The third kappa shape index (κ3) is 3.67. The zero-order valence-corrected chi connectivity index (χ0v) is 13.3. The summed E-state index contributed by atoms with van der Waals surface area (Å²) in [6.45, 7) is 5.69. The van der Waals surface area contributed by atoms with Gasteiger partial charge in [0.15, 0.2) is 0 Å². The quantitative estimate of drug-likeness (QED) is 0.881. The molecule has 2 aliphatic rings. The van der Waals surface area contributed by atoms with Crippen molar-refractivity contribution in [3.8, 4) is 0 Å². The van der Waals surface area contributed by atoms with Crippen molar-refractivity contribution in [3.63, 3.8) is 0 Å². The first-order valence-corrected chi connectivity index (χ1v) is 8.38. The van der Waals surface area contributed by atoms with E-state index >= 15 is 0 Å².